The van der Waals surface area contributed by atoms with E-state index in [4.69, 9.17) is 4.74 Å². The van der Waals surface area contributed by atoms with Gasteiger partial charge in [0, 0.05) is 7.05 Å². The number of hydrazine groups is 1. The van der Waals surface area contributed by atoms with Crippen molar-refractivity contribution < 1.29 is 9.53 Å². The van der Waals surface area contributed by atoms with Crippen LogP contribution in [0.15, 0.2) is 6.07 Å². The normalized spacial score (nSPS) is 12.1. The van der Waals surface area contributed by atoms with E-state index in [1.807, 2.05) is 33.8 Å². The highest BCUT2D eigenvalue weighted by atomic mass is 16.5. The summed E-state index contributed by atoms with van der Waals surface area (Å²) >= 11 is 0. The van der Waals surface area contributed by atoms with Gasteiger partial charge in [-0.25, -0.2) is 5.43 Å². The van der Waals surface area contributed by atoms with Gasteiger partial charge >= 0.3 is 0 Å². The Labute approximate surface area is 109 Å². The smallest absolute Gasteiger partial charge is 0.241 e. The molecule has 1 atom stereocenters. The van der Waals surface area contributed by atoms with Crippen molar-refractivity contribution in [3.63, 3.8) is 0 Å². The highest BCUT2D eigenvalue weighted by Crippen LogP contribution is 2.32. The zero-order valence-electron chi connectivity index (χ0n) is 12.0. The van der Waals surface area contributed by atoms with Gasteiger partial charge in [-0.15, -0.1) is 0 Å². The van der Waals surface area contributed by atoms with Crippen molar-refractivity contribution in [3.05, 3.63) is 28.3 Å². The topological polar surface area (TPSA) is 50.4 Å². The zero-order valence-corrected chi connectivity index (χ0v) is 12.0. The average Bonchev–Trinajstić information content (AvgIpc) is 2.34. The summed E-state index contributed by atoms with van der Waals surface area (Å²) in [5.74, 6) is 0.669. The molecule has 1 aromatic rings. The molecule has 0 saturated heterocycles. The van der Waals surface area contributed by atoms with Gasteiger partial charge in [-0.05, 0) is 49.9 Å². The fourth-order valence-corrected chi connectivity index (χ4v) is 2.23. The summed E-state index contributed by atoms with van der Waals surface area (Å²) in [6.45, 7) is 7.95. The van der Waals surface area contributed by atoms with Crippen LogP contribution in [0.1, 0.15) is 35.1 Å². The van der Waals surface area contributed by atoms with Crippen molar-refractivity contribution >= 4 is 5.91 Å². The first-order valence-electron chi connectivity index (χ1n) is 6.05. The summed E-state index contributed by atoms with van der Waals surface area (Å²) in [4.78, 5) is 11.9. The molecule has 4 heteroatoms. The maximum Gasteiger partial charge on any atom is 0.241 e. The van der Waals surface area contributed by atoms with Crippen molar-refractivity contribution in [2.45, 2.75) is 33.6 Å². The first-order valence-corrected chi connectivity index (χ1v) is 6.05. The summed E-state index contributed by atoms with van der Waals surface area (Å²) in [7, 11) is 3.35. The van der Waals surface area contributed by atoms with Crippen LogP contribution in [0.25, 0.3) is 0 Å². The molecule has 0 heterocycles. The van der Waals surface area contributed by atoms with Crippen molar-refractivity contribution in [3.8, 4) is 5.75 Å². The number of benzene rings is 1. The lowest BCUT2D eigenvalue weighted by Crippen LogP contribution is -2.37. The standard InChI is InChI=1S/C14H22N2O2/c1-8-7-12(11(4)14(17)16-15-5)9(2)10(3)13(8)18-6/h7,11,15H,1-6H3,(H,16,17). The Hall–Kier alpha value is -1.55. The molecule has 0 aliphatic rings. The second kappa shape index (κ2) is 5.87. The van der Waals surface area contributed by atoms with Crippen LogP contribution in [-0.2, 0) is 4.79 Å². The summed E-state index contributed by atoms with van der Waals surface area (Å²) < 4.78 is 5.39. The predicted molar refractivity (Wildman–Crippen MR) is 72.8 cm³/mol. The van der Waals surface area contributed by atoms with E-state index in [0.717, 1.165) is 28.0 Å². The van der Waals surface area contributed by atoms with Crippen molar-refractivity contribution in [2.24, 2.45) is 0 Å². The van der Waals surface area contributed by atoms with Gasteiger partial charge in [-0.2, -0.15) is 0 Å². The van der Waals surface area contributed by atoms with Crippen LogP contribution in [-0.4, -0.2) is 20.1 Å². The number of carbonyl (C=O) groups excluding carboxylic acids is 1. The van der Waals surface area contributed by atoms with Crippen LogP contribution in [0.3, 0.4) is 0 Å². The van der Waals surface area contributed by atoms with E-state index >= 15 is 0 Å². The molecule has 1 amide bonds. The van der Waals surface area contributed by atoms with Crippen LogP contribution in [0.5, 0.6) is 5.75 Å². The number of nitrogens with one attached hydrogen (secondary N) is 2. The number of methoxy groups -OCH3 is 1. The van der Waals surface area contributed by atoms with Crippen molar-refractivity contribution in [2.75, 3.05) is 14.2 Å². The average molecular weight is 250 g/mol. The molecule has 1 unspecified atom stereocenters. The third-order valence-electron chi connectivity index (χ3n) is 3.38. The molecule has 0 bridgehead atoms. The monoisotopic (exact) mass is 250 g/mol. The molecule has 1 aromatic carbocycles. The lowest BCUT2D eigenvalue weighted by Gasteiger charge is -2.19. The third-order valence-corrected chi connectivity index (χ3v) is 3.38. The molecule has 0 spiro atoms. The lowest BCUT2D eigenvalue weighted by atomic mass is 9.90. The maximum absolute atomic E-state index is 11.9. The predicted octanol–water partition coefficient (Wildman–Crippen LogP) is 1.97. The first-order chi connectivity index (χ1) is 8.43. The lowest BCUT2D eigenvalue weighted by molar-refractivity contribution is -0.123. The second-order valence-electron chi connectivity index (χ2n) is 4.53. The molecule has 1 rings (SSSR count). The Morgan fingerprint density at radius 3 is 2.39 bits per heavy atom. The van der Waals surface area contributed by atoms with Gasteiger partial charge in [0.25, 0.3) is 0 Å². The molecule has 4 nitrogen and oxygen atoms in total. The number of ether oxygens (including phenoxy) is 1. The van der Waals surface area contributed by atoms with Crippen molar-refractivity contribution in [1.82, 2.24) is 10.9 Å². The summed E-state index contributed by atoms with van der Waals surface area (Å²) in [6.07, 6.45) is 0. The number of carbonyl (C=O) groups is 1. The molecule has 0 aromatic heterocycles. The Balaban J connectivity index is 3.22. The van der Waals surface area contributed by atoms with Gasteiger partial charge < -0.3 is 4.74 Å². The minimum Gasteiger partial charge on any atom is -0.496 e. The van der Waals surface area contributed by atoms with Gasteiger partial charge in [0.05, 0.1) is 13.0 Å². The van der Waals surface area contributed by atoms with Gasteiger partial charge in [-0.1, -0.05) is 6.07 Å². The van der Waals surface area contributed by atoms with Gasteiger partial charge in [0.1, 0.15) is 5.75 Å². The van der Waals surface area contributed by atoms with Gasteiger partial charge in [0.15, 0.2) is 0 Å². The number of aryl methyl sites for hydroxylation is 1. The number of rotatable bonds is 4. The van der Waals surface area contributed by atoms with Gasteiger partial charge in [-0.3, -0.25) is 10.2 Å². The van der Waals surface area contributed by atoms with E-state index in [0.29, 0.717) is 0 Å². The molecule has 18 heavy (non-hydrogen) atoms. The van der Waals surface area contributed by atoms with E-state index in [1.54, 1.807) is 14.2 Å². The number of hydrogen-bond donors (Lipinski definition) is 2. The van der Waals surface area contributed by atoms with E-state index in [1.165, 1.54) is 0 Å². The van der Waals surface area contributed by atoms with Crippen molar-refractivity contribution in [1.29, 1.82) is 0 Å². The fraction of sp³-hybridized carbons (Fsp3) is 0.500. The van der Waals surface area contributed by atoms with E-state index in [-0.39, 0.29) is 11.8 Å². The zero-order chi connectivity index (χ0) is 13.9. The van der Waals surface area contributed by atoms with Crippen LogP contribution in [0, 0.1) is 20.8 Å². The molecule has 0 aliphatic carbocycles. The Kier molecular flexibility index (Phi) is 4.73. The van der Waals surface area contributed by atoms with Crippen LogP contribution in [0.4, 0.5) is 0 Å². The van der Waals surface area contributed by atoms with Crippen LogP contribution < -0.4 is 15.6 Å². The maximum atomic E-state index is 11.9. The number of amides is 1. The summed E-state index contributed by atoms with van der Waals surface area (Å²) in [5, 5.41) is 0. The summed E-state index contributed by atoms with van der Waals surface area (Å²) in [6, 6.07) is 2.03. The largest absolute Gasteiger partial charge is 0.496 e. The fourth-order valence-electron chi connectivity index (χ4n) is 2.23. The van der Waals surface area contributed by atoms with Gasteiger partial charge in [0.2, 0.25) is 5.91 Å². The SMILES string of the molecule is CNNC(=O)C(C)c1cc(C)c(OC)c(C)c1C. The highest BCUT2D eigenvalue weighted by molar-refractivity contribution is 5.83. The number of hydrogen-bond acceptors (Lipinski definition) is 3. The molecule has 100 valence electrons. The molecule has 0 saturated carbocycles. The molecular formula is C14H22N2O2. The summed E-state index contributed by atoms with van der Waals surface area (Å²) in [5.41, 5.74) is 9.58. The van der Waals surface area contributed by atoms with E-state index in [2.05, 4.69) is 10.9 Å². The molecular weight excluding hydrogens is 228 g/mol. The Morgan fingerprint density at radius 2 is 1.89 bits per heavy atom. The minimum atomic E-state index is -0.194. The Morgan fingerprint density at radius 1 is 1.28 bits per heavy atom. The third kappa shape index (κ3) is 2.64. The highest BCUT2D eigenvalue weighted by Gasteiger charge is 2.20. The molecule has 0 aliphatic heterocycles. The first kappa shape index (κ1) is 14.5. The second-order valence-corrected chi connectivity index (χ2v) is 4.53. The van der Waals surface area contributed by atoms with E-state index < -0.39 is 0 Å². The molecule has 0 radical (unpaired) electrons. The molecule has 0 fully saturated rings. The quantitative estimate of drug-likeness (QED) is 0.803. The van der Waals surface area contributed by atoms with E-state index in [9.17, 15) is 4.79 Å². The molecule has 2 N–H and O–H groups in total. The van der Waals surface area contributed by atoms with Crippen LogP contribution in [0.2, 0.25) is 0 Å². The van der Waals surface area contributed by atoms with Crippen LogP contribution >= 0.6 is 0 Å². The minimum absolute atomic E-state index is 0.0374. The Bertz CT molecular complexity index is 456.